The van der Waals surface area contributed by atoms with Crippen molar-refractivity contribution in [2.24, 2.45) is 0 Å². The summed E-state index contributed by atoms with van der Waals surface area (Å²) in [5, 5.41) is 19.1. The van der Waals surface area contributed by atoms with Gasteiger partial charge in [0.05, 0.1) is 0 Å². The molecule has 3 rings (SSSR count). The summed E-state index contributed by atoms with van der Waals surface area (Å²) in [5.74, 6) is -0.242. The third-order valence-corrected chi connectivity index (χ3v) is 3.99. The maximum absolute atomic E-state index is 10.9. The van der Waals surface area contributed by atoms with Crippen molar-refractivity contribution in [3.05, 3.63) is 91.9 Å². The zero-order chi connectivity index (χ0) is 19.9. The van der Waals surface area contributed by atoms with E-state index in [0.29, 0.717) is 5.75 Å². The van der Waals surface area contributed by atoms with Crippen molar-refractivity contribution in [1.82, 2.24) is 0 Å². The average molecular weight is 374 g/mol. The van der Waals surface area contributed by atoms with Crippen LogP contribution >= 0.6 is 0 Å². The van der Waals surface area contributed by atoms with Crippen LogP contribution in [0.25, 0.3) is 22.3 Å². The van der Waals surface area contributed by atoms with Crippen LogP contribution in [0, 0.1) is 0 Å². The van der Waals surface area contributed by atoms with Crippen LogP contribution < -0.4 is 4.74 Å². The van der Waals surface area contributed by atoms with Crippen molar-refractivity contribution >= 4 is 5.97 Å². The van der Waals surface area contributed by atoms with E-state index in [2.05, 4.69) is 11.3 Å². The van der Waals surface area contributed by atoms with Crippen LogP contribution in [-0.2, 0) is 9.53 Å². The number of carbonyl (C=O) groups is 1. The molecule has 0 spiro atoms. The summed E-state index contributed by atoms with van der Waals surface area (Å²) < 4.78 is 10.0. The van der Waals surface area contributed by atoms with Crippen LogP contribution in [0.4, 0.5) is 0 Å². The fraction of sp³-hybridized carbons (Fsp3) is 0. The van der Waals surface area contributed by atoms with Gasteiger partial charge in [0, 0.05) is 6.08 Å². The first-order valence-corrected chi connectivity index (χ1v) is 8.44. The van der Waals surface area contributed by atoms with Gasteiger partial charge in [-0.15, -0.1) is 0 Å². The molecule has 0 heterocycles. The lowest BCUT2D eigenvalue weighted by Gasteiger charge is -2.07. The fourth-order valence-electron chi connectivity index (χ4n) is 2.53. The third-order valence-electron chi connectivity index (χ3n) is 3.99. The molecule has 0 bridgehead atoms. The number of phenols is 2. The molecule has 0 saturated carbocycles. The van der Waals surface area contributed by atoms with Gasteiger partial charge in [0.1, 0.15) is 18.3 Å². The molecule has 3 aromatic carbocycles. The zero-order valence-corrected chi connectivity index (χ0v) is 14.9. The molecule has 140 valence electrons. The lowest BCUT2D eigenvalue weighted by molar-refractivity contribution is -0.132. The van der Waals surface area contributed by atoms with E-state index in [4.69, 9.17) is 4.74 Å². The van der Waals surface area contributed by atoms with Crippen LogP contribution in [0.5, 0.6) is 17.2 Å². The number of esters is 1. The quantitative estimate of drug-likeness (QED) is 0.274. The summed E-state index contributed by atoms with van der Waals surface area (Å²) in [6, 6.07) is 20.0. The standard InChI is InChI=1S/C23H18O5/c1-2-23(26)28-14-13-27-20-10-7-17(8-11-20)16-3-5-18(6-4-16)19-9-12-21(24)22(25)15-19/h2-15,24-25H,1H2/b14-13-. The van der Waals surface area contributed by atoms with Crippen molar-refractivity contribution < 1.29 is 24.5 Å². The molecule has 0 radical (unpaired) electrons. The minimum atomic E-state index is -0.554. The Hall–Kier alpha value is -3.99. The Bertz CT molecular complexity index is 1000. The van der Waals surface area contributed by atoms with E-state index in [0.717, 1.165) is 34.6 Å². The highest BCUT2D eigenvalue weighted by molar-refractivity contribution is 5.81. The summed E-state index contributed by atoms with van der Waals surface area (Å²) in [7, 11) is 0. The molecule has 0 aliphatic rings. The Kier molecular flexibility index (Phi) is 5.77. The van der Waals surface area contributed by atoms with Gasteiger partial charge in [0.25, 0.3) is 0 Å². The van der Waals surface area contributed by atoms with Crippen LogP contribution in [0.1, 0.15) is 0 Å². The number of rotatable bonds is 6. The summed E-state index contributed by atoms with van der Waals surface area (Å²) in [6.45, 7) is 3.30. The van der Waals surface area contributed by atoms with Gasteiger partial charge in [-0.25, -0.2) is 4.79 Å². The van der Waals surface area contributed by atoms with Gasteiger partial charge in [0.15, 0.2) is 11.5 Å². The van der Waals surface area contributed by atoms with Crippen molar-refractivity contribution in [3.63, 3.8) is 0 Å². The second-order valence-corrected chi connectivity index (χ2v) is 5.84. The molecular weight excluding hydrogens is 356 g/mol. The highest BCUT2D eigenvalue weighted by Gasteiger charge is 2.04. The molecule has 3 aromatic rings. The minimum Gasteiger partial charge on any atom is -0.504 e. The molecule has 0 aliphatic heterocycles. The van der Waals surface area contributed by atoms with E-state index in [-0.39, 0.29) is 11.5 Å². The van der Waals surface area contributed by atoms with E-state index in [1.807, 2.05) is 36.4 Å². The molecule has 28 heavy (non-hydrogen) atoms. The van der Waals surface area contributed by atoms with Gasteiger partial charge >= 0.3 is 5.97 Å². The highest BCUT2D eigenvalue weighted by atomic mass is 16.5. The van der Waals surface area contributed by atoms with E-state index in [1.165, 1.54) is 18.4 Å². The summed E-state index contributed by atoms with van der Waals surface area (Å²) in [4.78, 5) is 10.9. The third kappa shape index (κ3) is 4.59. The molecule has 2 N–H and O–H groups in total. The molecule has 0 atom stereocenters. The number of ether oxygens (including phenoxy) is 2. The first-order chi connectivity index (χ1) is 13.6. The van der Waals surface area contributed by atoms with Crippen LogP contribution in [0.15, 0.2) is 91.9 Å². The number of aromatic hydroxyl groups is 2. The Balaban J connectivity index is 1.67. The Morgan fingerprint density at radius 3 is 1.86 bits per heavy atom. The first kappa shape index (κ1) is 18.8. The predicted molar refractivity (Wildman–Crippen MR) is 107 cm³/mol. The number of benzene rings is 3. The maximum atomic E-state index is 10.9. The molecular formula is C23H18O5. The lowest BCUT2D eigenvalue weighted by atomic mass is 10.00. The Labute approximate surface area is 162 Å². The van der Waals surface area contributed by atoms with Gasteiger partial charge in [-0.3, -0.25) is 0 Å². The number of hydrogen-bond donors (Lipinski definition) is 2. The van der Waals surface area contributed by atoms with Gasteiger partial charge in [0.2, 0.25) is 0 Å². The van der Waals surface area contributed by atoms with E-state index < -0.39 is 5.97 Å². The topological polar surface area (TPSA) is 76.0 Å². The van der Waals surface area contributed by atoms with Crippen molar-refractivity contribution in [2.75, 3.05) is 0 Å². The molecule has 5 nitrogen and oxygen atoms in total. The van der Waals surface area contributed by atoms with Gasteiger partial charge < -0.3 is 19.7 Å². The number of hydrogen-bond acceptors (Lipinski definition) is 5. The molecule has 0 saturated heterocycles. The van der Waals surface area contributed by atoms with Crippen molar-refractivity contribution in [1.29, 1.82) is 0 Å². The molecule has 0 fully saturated rings. The SMILES string of the molecule is C=CC(=O)O/C=C\Oc1ccc(-c2ccc(-c3ccc(O)c(O)c3)cc2)cc1. The monoisotopic (exact) mass is 374 g/mol. The average Bonchev–Trinajstić information content (AvgIpc) is 2.73. The number of carbonyl (C=O) groups excluding carboxylic acids is 1. The van der Waals surface area contributed by atoms with Gasteiger partial charge in [-0.2, -0.15) is 0 Å². The Morgan fingerprint density at radius 2 is 1.29 bits per heavy atom. The fourth-order valence-corrected chi connectivity index (χ4v) is 2.53. The van der Waals surface area contributed by atoms with Crippen LogP contribution in [-0.4, -0.2) is 16.2 Å². The van der Waals surface area contributed by atoms with Gasteiger partial charge in [-0.05, 0) is 46.5 Å². The second kappa shape index (κ2) is 8.60. The van der Waals surface area contributed by atoms with E-state index in [1.54, 1.807) is 18.2 Å². The zero-order valence-electron chi connectivity index (χ0n) is 14.9. The summed E-state index contributed by atoms with van der Waals surface area (Å²) in [5.41, 5.74) is 3.77. The summed E-state index contributed by atoms with van der Waals surface area (Å²) >= 11 is 0. The minimum absolute atomic E-state index is 0.142. The molecule has 0 aliphatic carbocycles. The van der Waals surface area contributed by atoms with E-state index >= 15 is 0 Å². The normalized spacial score (nSPS) is 10.6. The Morgan fingerprint density at radius 1 is 0.750 bits per heavy atom. The van der Waals surface area contributed by atoms with Crippen LogP contribution in [0.2, 0.25) is 0 Å². The van der Waals surface area contributed by atoms with Crippen molar-refractivity contribution in [2.45, 2.75) is 0 Å². The molecule has 0 unspecified atom stereocenters. The maximum Gasteiger partial charge on any atom is 0.335 e. The van der Waals surface area contributed by atoms with Crippen molar-refractivity contribution in [3.8, 4) is 39.5 Å². The molecule has 0 amide bonds. The largest absolute Gasteiger partial charge is 0.504 e. The predicted octanol–water partition coefficient (Wildman–Crippen LogP) is 5.01. The van der Waals surface area contributed by atoms with Crippen LogP contribution in [0.3, 0.4) is 0 Å². The smallest absolute Gasteiger partial charge is 0.335 e. The molecule has 0 aromatic heterocycles. The first-order valence-electron chi connectivity index (χ1n) is 8.44. The summed E-state index contributed by atoms with van der Waals surface area (Å²) in [6.07, 6.45) is 3.49. The number of phenolic OH excluding ortho intramolecular Hbond substituents is 2. The second-order valence-electron chi connectivity index (χ2n) is 5.84. The highest BCUT2D eigenvalue weighted by Crippen LogP contribution is 2.31. The van der Waals surface area contributed by atoms with Gasteiger partial charge in [-0.1, -0.05) is 49.0 Å². The lowest BCUT2D eigenvalue weighted by Crippen LogP contribution is -1.93. The molecule has 5 heteroatoms. The van der Waals surface area contributed by atoms with E-state index in [9.17, 15) is 15.0 Å².